The molecular weight excluding hydrogens is 330 g/mol. The van der Waals surface area contributed by atoms with E-state index in [2.05, 4.69) is 45.0 Å². The molecule has 0 fully saturated rings. The van der Waals surface area contributed by atoms with Crippen LogP contribution in [0.15, 0.2) is 39.5 Å². The topological polar surface area (TPSA) is 51.8 Å². The van der Waals surface area contributed by atoms with Crippen molar-refractivity contribution in [2.24, 2.45) is 5.73 Å². The SMILES string of the molecule is CCC(N)C(Sc1cnccn1)c1ccc(Br)s1. The van der Waals surface area contributed by atoms with Crippen LogP contribution >= 0.6 is 39.0 Å². The van der Waals surface area contributed by atoms with Gasteiger partial charge in [-0.2, -0.15) is 0 Å². The number of thiophene rings is 1. The molecule has 2 atom stereocenters. The Labute approximate surface area is 123 Å². The van der Waals surface area contributed by atoms with Gasteiger partial charge in [-0.1, -0.05) is 18.7 Å². The van der Waals surface area contributed by atoms with Crippen molar-refractivity contribution in [1.82, 2.24) is 9.97 Å². The van der Waals surface area contributed by atoms with Crippen LogP contribution in [0.3, 0.4) is 0 Å². The fourth-order valence-electron chi connectivity index (χ4n) is 1.53. The van der Waals surface area contributed by atoms with Crippen molar-refractivity contribution in [3.63, 3.8) is 0 Å². The van der Waals surface area contributed by atoms with Crippen molar-refractivity contribution < 1.29 is 0 Å². The van der Waals surface area contributed by atoms with Crippen LogP contribution in [0.5, 0.6) is 0 Å². The third-order valence-electron chi connectivity index (χ3n) is 2.52. The third kappa shape index (κ3) is 3.54. The molecule has 0 aliphatic heterocycles. The summed E-state index contributed by atoms with van der Waals surface area (Å²) >= 11 is 6.90. The van der Waals surface area contributed by atoms with E-state index in [1.165, 1.54) is 4.88 Å². The smallest absolute Gasteiger partial charge is 0.115 e. The molecule has 0 aliphatic carbocycles. The van der Waals surface area contributed by atoms with Gasteiger partial charge in [-0.05, 0) is 34.5 Å². The summed E-state index contributed by atoms with van der Waals surface area (Å²) in [5.74, 6) is 0. The van der Waals surface area contributed by atoms with Gasteiger partial charge in [-0.15, -0.1) is 11.3 Å². The second kappa shape index (κ2) is 6.65. The molecule has 18 heavy (non-hydrogen) atoms. The van der Waals surface area contributed by atoms with E-state index in [1.54, 1.807) is 41.7 Å². The fraction of sp³-hybridized carbons (Fsp3) is 0.333. The van der Waals surface area contributed by atoms with Gasteiger partial charge in [-0.3, -0.25) is 4.98 Å². The Morgan fingerprint density at radius 3 is 2.83 bits per heavy atom. The van der Waals surface area contributed by atoms with Gasteiger partial charge in [-0.25, -0.2) is 4.98 Å². The van der Waals surface area contributed by atoms with E-state index >= 15 is 0 Å². The zero-order valence-electron chi connectivity index (χ0n) is 9.91. The van der Waals surface area contributed by atoms with E-state index in [0.29, 0.717) is 0 Å². The maximum Gasteiger partial charge on any atom is 0.115 e. The lowest BCUT2D eigenvalue weighted by atomic mass is 10.1. The maximum atomic E-state index is 6.23. The number of hydrogen-bond acceptors (Lipinski definition) is 5. The molecule has 0 saturated heterocycles. The largest absolute Gasteiger partial charge is 0.326 e. The molecule has 96 valence electrons. The van der Waals surface area contributed by atoms with E-state index < -0.39 is 0 Å². The third-order valence-corrected chi connectivity index (χ3v) is 5.69. The molecular formula is C12H14BrN3S2. The number of rotatable bonds is 5. The highest BCUT2D eigenvalue weighted by atomic mass is 79.9. The molecule has 0 spiro atoms. The highest BCUT2D eigenvalue weighted by Crippen LogP contribution is 2.41. The molecule has 3 nitrogen and oxygen atoms in total. The minimum Gasteiger partial charge on any atom is -0.326 e. The molecule has 0 aromatic carbocycles. The lowest BCUT2D eigenvalue weighted by molar-refractivity contribution is 0.639. The molecule has 2 heterocycles. The number of nitrogens with two attached hydrogens (primary N) is 1. The van der Waals surface area contributed by atoms with Crippen molar-refractivity contribution >= 4 is 39.0 Å². The minimum absolute atomic E-state index is 0.113. The Morgan fingerprint density at radius 2 is 2.28 bits per heavy atom. The Kier molecular flexibility index (Phi) is 5.17. The number of thioether (sulfide) groups is 1. The van der Waals surface area contributed by atoms with E-state index in [-0.39, 0.29) is 11.3 Å². The van der Waals surface area contributed by atoms with Crippen molar-refractivity contribution in [2.45, 2.75) is 29.7 Å². The van der Waals surface area contributed by atoms with Crippen LogP contribution < -0.4 is 5.73 Å². The Bertz CT molecular complexity index is 489. The fourth-order valence-corrected chi connectivity index (χ4v) is 4.36. The van der Waals surface area contributed by atoms with Gasteiger partial charge in [0.2, 0.25) is 0 Å². The van der Waals surface area contributed by atoms with Crippen LogP contribution in [0, 0.1) is 0 Å². The summed E-state index contributed by atoms with van der Waals surface area (Å²) in [4.78, 5) is 9.67. The molecule has 0 bridgehead atoms. The summed E-state index contributed by atoms with van der Waals surface area (Å²) in [5, 5.41) is 1.14. The van der Waals surface area contributed by atoms with Gasteiger partial charge in [0.05, 0.1) is 15.2 Å². The van der Waals surface area contributed by atoms with E-state index in [1.807, 2.05) is 0 Å². The number of hydrogen-bond donors (Lipinski definition) is 1. The van der Waals surface area contributed by atoms with Gasteiger partial charge >= 0.3 is 0 Å². The molecule has 2 aromatic heterocycles. The normalized spacial score (nSPS) is 14.4. The number of nitrogens with zero attached hydrogens (tertiary/aromatic N) is 2. The van der Waals surface area contributed by atoms with Crippen molar-refractivity contribution in [3.05, 3.63) is 39.4 Å². The second-order valence-electron chi connectivity index (χ2n) is 3.80. The molecule has 2 N–H and O–H groups in total. The lowest BCUT2D eigenvalue weighted by Gasteiger charge is -2.20. The molecule has 2 aromatic rings. The highest BCUT2D eigenvalue weighted by molar-refractivity contribution is 9.11. The van der Waals surface area contributed by atoms with Crippen molar-refractivity contribution in [3.8, 4) is 0 Å². The van der Waals surface area contributed by atoms with E-state index in [4.69, 9.17) is 5.73 Å². The second-order valence-corrected chi connectivity index (χ2v) is 7.45. The van der Waals surface area contributed by atoms with Crippen molar-refractivity contribution in [1.29, 1.82) is 0 Å². The van der Waals surface area contributed by atoms with Crippen molar-refractivity contribution in [2.75, 3.05) is 0 Å². The minimum atomic E-state index is 0.113. The van der Waals surface area contributed by atoms with Crippen LogP contribution in [0.2, 0.25) is 0 Å². The zero-order valence-corrected chi connectivity index (χ0v) is 13.1. The van der Waals surface area contributed by atoms with Gasteiger partial charge in [0.25, 0.3) is 0 Å². The first-order chi connectivity index (χ1) is 8.70. The Balaban J connectivity index is 2.21. The van der Waals surface area contributed by atoms with Gasteiger partial charge in [0.1, 0.15) is 5.03 Å². The highest BCUT2D eigenvalue weighted by Gasteiger charge is 2.22. The molecule has 0 radical (unpaired) electrons. The molecule has 2 rings (SSSR count). The summed E-state index contributed by atoms with van der Waals surface area (Å²) in [5.41, 5.74) is 6.23. The molecule has 0 aliphatic rings. The van der Waals surface area contributed by atoms with Crippen LogP contribution in [0.25, 0.3) is 0 Å². The Morgan fingerprint density at radius 1 is 1.44 bits per heavy atom. The molecule has 6 heteroatoms. The van der Waals surface area contributed by atoms with E-state index in [0.717, 1.165) is 15.2 Å². The summed E-state index contributed by atoms with van der Waals surface area (Å²) < 4.78 is 1.13. The van der Waals surface area contributed by atoms with Gasteiger partial charge in [0.15, 0.2) is 0 Å². The summed E-state index contributed by atoms with van der Waals surface area (Å²) in [7, 11) is 0. The summed E-state index contributed by atoms with van der Waals surface area (Å²) in [6.45, 7) is 2.11. The number of halogens is 1. The standard InChI is InChI=1S/C12H14BrN3S2/c1-2-8(14)12(9-3-4-10(13)17-9)18-11-7-15-5-6-16-11/h3-8,12H,2,14H2,1H3. The first-order valence-corrected chi connectivity index (χ1v) is 8.13. The quantitative estimate of drug-likeness (QED) is 0.837. The maximum absolute atomic E-state index is 6.23. The molecule has 0 saturated carbocycles. The molecule has 0 amide bonds. The summed E-state index contributed by atoms with van der Waals surface area (Å²) in [6.07, 6.45) is 6.11. The van der Waals surface area contributed by atoms with Crippen LogP contribution in [0.4, 0.5) is 0 Å². The lowest BCUT2D eigenvalue weighted by Crippen LogP contribution is -2.25. The molecule has 2 unspecified atom stereocenters. The van der Waals surface area contributed by atoms with Crippen LogP contribution in [0.1, 0.15) is 23.5 Å². The monoisotopic (exact) mass is 343 g/mol. The average molecular weight is 344 g/mol. The predicted molar refractivity (Wildman–Crippen MR) is 80.9 cm³/mol. The average Bonchev–Trinajstić information content (AvgIpc) is 2.83. The van der Waals surface area contributed by atoms with Gasteiger partial charge in [0, 0.05) is 23.3 Å². The predicted octanol–water partition coefficient (Wildman–Crippen LogP) is 3.87. The van der Waals surface area contributed by atoms with Crippen LogP contribution in [-0.2, 0) is 0 Å². The first kappa shape index (κ1) is 14.0. The number of aromatic nitrogens is 2. The first-order valence-electron chi connectivity index (χ1n) is 5.64. The van der Waals surface area contributed by atoms with E-state index in [9.17, 15) is 0 Å². The summed E-state index contributed by atoms with van der Waals surface area (Å²) in [6, 6.07) is 4.30. The Hall–Kier alpha value is -0.430. The van der Waals surface area contributed by atoms with Crippen LogP contribution in [-0.4, -0.2) is 16.0 Å². The van der Waals surface area contributed by atoms with Gasteiger partial charge < -0.3 is 5.73 Å². The zero-order chi connectivity index (χ0) is 13.0.